The molecule has 0 aliphatic heterocycles. The Balaban J connectivity index is 2.27. The Hall–Kier alpha value is -2.65. The van der Waals surface area contributed by atoms with E-state index in [4.69, 9.17) is 0 Å². The molecule has 0 bridgehead atoms. The van der Waals surface area contributed by atoms with Gasteiger partial charge in [0.1, 0.15) is 5.82 Å². The van der Waals surface area contributed by atoms with Crippen molar-refractivity contribution in [2.75, 3.05) is 31.8 Å². The molecule has 8 nitrogen and oxygen atoms in total. The Bertz CT molecular complexity index is 1060. The fourth-order valence-electron chi connectivity index (χ4n) is 2.69. The maximum atomic E-state index is 13.3. The molecule has 27 heavy (non-hydrogen) atoms. The number of fused-ring (bicyclic) bond motifs is 1. The summed E-state index contributed by atoms with van der Waals surface area (Å²) in [5, 5.41) is 10.7. The lowest BCUT2D eigenvalue weighted by Gasteiger charge is -2.22. The van der Waals surface area contributed by atoms with Crippen LogP contribution in [0.5, 0.6) is 0 Å². The van der Waals surface area contributed by atoms with Gasteiger partial charge in [0.05, 0.1) is 11.1 Å². The molecule has 0 saturated carbocycles. The van der Waals surface area contributed by atoms with Crippen LogP contribution in [0.15, 0.2) is 46.2 Å². The van der Waals surface area contributed by atoms with Gasteiger partial charge in [-0.15, -0.1) is 5.10 Å². The number of aryl methyl sites for hydroxylation is 1. The van der Waals surface area contributed by atoms with Crippen molar-refractivity contribution in [2.24, 2.45) is 0 Å². The molecule has 144 valence electrons. The minimum Gasteiger partial charge on any atom is -0.370 e. The lowest BCUT2D eigenvalue weighted by molar-refractivity contribution is 0.342. The van der Waals surface area contributed by atoms with E-state index in [2.05, 4.69) is 20.7 Å². The topological polar surface area (TPSA) is 91.6 Å². The van der Waals surface area contributed by atoms with Gasteiger partial charge < -0.3 is 10.6 Å². The number of aromatic nitrogens is 3. The van der Waals surface area contributed by atoms with Crippen LogP contribution in [0.4, 0.5) is 11.6 Å². The molecule has 3 rings (SSSR count). The zero-order chi connectivity index (χ0) is 19.8. The smallest absolute Gasteiger partial charge is 0.214 e. The SMILES string of the molecule is CNc1nn2c(NC(C)N(C)C)cc(C)nc2c1S(=O)(=O)c1ccccc1. The van der Waals surface area contributed by atoms with Gasteiger partial charge in [0.2, 0.25) is 9.84 Å². The van der Waals surface area contributed by atoms with E-state index < -0.39 is 9.84 Å². The van der Waals surface area contributed by atoms with Crippen LogP contribution in [0.1, 0.15) is 12.6 Å². The van der Waals surface area contributed by atoms with Crippen LogP contribution in [0.2, 0.25) is 0 Å². The van der Waals surface area contributed by atoms with Gasteiger partial charge in [-0.25, -0.2) is 13.4 Å². The highest BCUT2D eigenvalue weighted by Crippen LogP contribution is 2.32. The zero-order valence-corrected chi connectivity index (χ0v) is 16.9. The summed E-state index contributed by atoms with van der Waals surface area (Å²) in [7, 11) is 1.77. The Morgan fingerprint density at radius 3 is 2.44 bits per heavy atom. The van der Waals surface area contributed by atoms with Gasteiger partial charge in [0.15, 0.2) is 16.4 Å². The molecule has 1 aromatic carbocycles. The highest BCUT2D eigenvalue weighted by atomic mass is 32.2. The van der Waals surface area contributed by atoms with Crippen molar-refractivity contribution in [2.45, 2.75) is 29.8 Å². The molecule has 1 atom stereocenters. The molecular formula is C18H24N6O2S. The van der Waals surface area contributed by atoms with Crippen LogP contribution in [-0.4, -0.2) is 55.2 Å². The molecule has 9 heteroatoms. The molecule has 0 fully saturated rings. The number of rotatable bonds is 6. The first-order valence-electron chi connectivity index (χ1n) is 8.57. The summed E-state index contributed by atoms with van der Waals surface area (Å²) < 4.78 is 28.1. The van der Waals surface area contributed by atoms with Gasteiger partial charge in [0.25, 0.3) is 0 Å². The Kier molecular flexibility index (Phi) is 5.07. The molecule has 3 aromatic rings. The maximum absolute atomic E-state index is 13.3. The second-order valence-corrected chi connectivity index (χ2v) is 8.43. The fraction of sp³-hybridized carbons (Fsp3) is 0.333. The Morgan fingerprint density at radius 1 is 1.19 bits per heavy atom. The molecule has 1 unspecified atom stereocenters. The van der Waals surface area contributed by atoms with E-state index in [1.54, 1.807) is 37.4 Å². The molecule has 2 heterocycles. The monoisotopic (exact) mass is 388 g/mol. The normalized spacial score (nSPS) is 13.1. The molecule has 0 radical (unpaired) electrons. The average molecular weight is 388 g/mol. The summed E-state index contributed by atoms with van der Waals surface area (Å²) in [6.45, 7) is 3.84. The van der Waals surface area contributed by atoms with Crippen molar-refractivity contribution in [1.82, 2.24) is 19.5 Å². The predicted octanol–water partition coefficient (Wildman–Crippen LogP) is 2.23. The summed E-state index contributed by atoms with van der Waals surface area (Å²) in [6.07, 6.45) is 0.0198. The first kappa shape index (κ1) is 19.1. The lowest BCUT2D eigenvalue weighted by atomic mass is 10.4. The van der Waals surface area contributed by atoms with E-state index in [1.807, 2.05) is 38.9 Å². The fourth-order valence-corrected chi connectivity index (χ4v) is 4.21. The molecule has 0 spiro atoms. The van der Waals surface area contributed by atoms with Crippen molar-refractivity contribution in [1.29, 1.82) is 0 Å². The molecule has 2 aromatic heterocycles. The van der Waals surface area contributed by atoms with Crippen molar-refractivity contribution < 1.29 is 8.42 Å². The number of nitrogens with zero attached hydrogens (tertiary/aromatic N) is 4. The van der Waals surface area contributed by atoms with Crippen molar-refractivity contribution in [3.05, 3.63) is 42.1 Å². The summed E-state index contributed by atoms with van der Waals surface area (Å²) in [5.41, 5.74) is 0.986. The third-order valence-electron chi connectivity index (χ3n) is 4.37. The minimum atomic E-state index is -3.79. The number of hydrogen-bond donors (Lipinski definition) is 2. The highest BCUT2D eigenvalue weighted by molar-refractivity contribution is 7.91. The third-order valence-corrected chi connectivity index (χ3v) is 6.17. The van der Waals surface area contributed by atoms with Gasteiger partial charge in [-0.05, 0) is 40.1 Å². The Labute approximate surface area is 159 Å². The molecule has 0 aliphatic rings. The second kappa shape index (κ2) is 7.16. The maximum Gasteiger partial charge on any atom is 0.214 e. The van der Waals surface area contributed by atoms with Crippen molar-refractivity contribution >= 4 is 27.1 Å². The third kappa shape index (κ3) is 3.47. The second-order valence-electron chi connectivity index (χ2n) is 6.55. The minimum absolute atomic E-state index is 0.0198. The molecule has 0 saturated heterocycles. The van der Waals surface area contributed by atoms with Crippen LogP contribution in [0.25, 0.3) is 5.65 Å². The van der Waals surface area contributed by atoms with Crippen LogP contribution >= 0.6 is 0 Å². The van der Waals surface area contributed by atoms with Crippen LogP contribution in [0.3, 0.4) is 0 Å². The summed E-state index contributed by atoms with van der Waals surface area (Å²) in [5.74, 6) is 0.933. The average Bonchev–Trinajstić information content (AvgIpc) is 3.01. The summed E-state index contributed by atoms with van der Waals surface area (Å²) in [4.78, 5) is 6.76. The predicted molar refractivity (Wildman–Crippen MR) is 106 cm³/mol. The number of nitrogens with one attached hydrogen (secondary N) is 2. The van der Waals surface area contributed by atoms with E-state index in [9.17, 15) is 8.42 Å². The quantitative estimate of drug-likeness (QED) is 0.626. The van der Waals surface area contributed by atoms with E-state index in [-0.39, 0.29) is 27.4 Å². The molecule has 2 N–H and O–H groups in total. The van der Waals surface area contributed by atoms with Crippen LogP contribution in [0, 0.1) is 6.92 Å². The lowest BCUT2D eigenvalue weighted by Crippen LogP contribution is -2.33. The molecule has 0 amide bonds. The van der Waals surface area contributed by atoms with Gasteiger partial charge in [0, 0.05) is 18.8 Å². The summed E-state index contributed by atoms with van der Waals surface area (Å²) in [6, 6.07) is 10.2. The Morgan fingerprint density at radius 2 is 1.85 bits per heavy atom. The number of anilines is 2. The molecular weight excluding hydrogens is 364 g/mol. The van der Waals surface area contributed by atoms with Gasteiger partial charge in [-0.2, -0.15) is 4.52 Å². The summed E-state index contributed by atoms with van der Waals surface area (Å²) >= 11 is 0. The largest absolute Gasteiger partial charge is 0.370 e. The van der Waals surface area contributed by atoms with E-state index in [1.165, 1.54) is 4.52 Å². The first-order chi connectivity index (χ1) is 12.8. The van der Waals surface area contributed by atoms with Crippen LogP contribution < -0.4 is 10.6 Å². The van der Waals surface area contributed by atoms with Crippen LogP contribution in [-0.2, 0) is 9.84 Å². The van der Waals surface area contributed by atoms with Gasteiger partial charge >= 0.3 is 0 Å². The number of sulfone groups is 1. The van der Waals surface area contributed by atoms with E-state index in [0.717, 1.165) is 0 Å². The number of hydrogen-bond acceptors (Lipinski definition) is 7. The molecule has 0 aliphatic carbocycles. The first-order valence-corrected chi connectivity index (χ1v) is 10.0. The highest BCUT2D eigenvalue weighted by Gasteiger charge is 2.29. The standard InChI is InChI=1S/C18H24N6O2S/c1-12-11-15(21-13(2)23(4)5)24-18(20-12)16(17(19-3)22-24)27(25,26)14-9-7-6-8-10-14/h6-11,13,21H,1-5H3,(H,19,22). The van der Waals surface area contributed by atoms with Crippen molar-refractivity contribution in [3.8, 4) is 0 Å². The number of benzene rings is 1. The van der Waals surface area contributed by atoms with E-state index >= 15 is 0 Å². The van der Waals surface area contributed by atoms with E-state index in [0.29, 0.717) is 11.5 Å². The van der Waals surface area contributed by atoms with Crippen molar-refractivity contribution in [3.63, 3.8) is 0 Å². The van der Waals surface area contributed by atoms with Gasteiger partial charge in [-0.1, -0.05) is 18.2 Å². The van der Waals surface area contributed by atoms with Gasteiger partial charge in [-0.3, -0.25) is 4.90 Å². The zero-order valence-electron chi connectivity index (χ0n) is 16.1.